The van der Waals surface area contributed by atoms with Crippen LogP contribution in [-0.4, -0.2) is 104 Å². The van der Waals surface area contributed by atoms with E-state index < -0.39 is 47.1 Å². The summed E-state index contributed by atoms with van der Waals surface area (Å²) in [5.74, 6) is -2.13. The summed E-state index contributed by atoms with van der Waals surface area (Å²) in [6, 6.07) is 7.81. The van der Waals surface area contributed by atoms with Gasteiger partial charge in [-0.25, -0.2) is 0 Å². The van der Waals surface area contributed by atoms with Crippen LogP contribution in [0, 0.1) is 35.5 Å². The standard InChI is InChI=1S/C47H72O12/c1-12-22-52-36-25-46(56-40(30(36)6)31(7)39(51-11)32(8)42(48)49)21-20-44(9,59-46)37-18-19-45(13-2,55-37)41-28(4)24-35(54-41)38-27(3)23-29(5)47(57-38)26-53-43(58-47)33-14-16-34(50-10)17-15-33/h12,14-17,27-32,35-41,43H,1,13,18-26H2,2-11H3,(H,48,49)/t27-,28-,29+,30+,31-,32-,35-,36-,37+,38-,39+,40-,41+,43+,44+,45-,46+,47+/m0/s1. The zero-order chi connectivity index (χ0) is 42.5. The number of rotatable bonds is 14. The van der Waals surface area contributed by atoms with Crippen LogP contribution in [0.15, 0.2) is 36.9 Å². The Labute approximate surface area is 352 Å². The van der Waals surface area contributed by atoms with E-state index in [0.29, 0.717) is 26.1 Å². The molecule has 0 aliphatic carbocycles. The molecule has 12 heteroatoms. The molecule has 6 saturated heterocycles. The zero-order valence-corrected chi connectivity index (χ0v) is 37.2. The van der Waals surface area contributed by atoms with Crippen LogP contribution in [0.2, 0.25) is 0 Å². The van der Waals surface area contributed by atoms with E-state index in [9.17, 15) is 9.90 Å². The average Bonchev–Trinajstić information content (AvgIpc) is 4.02. The molecule has 6 aliphatic heterocycles. The first-order valence-corrected chi connectivity index (χ1v) is 22.4. The van der Waals surface area contributed by atoms with Crippen molar-refractivity contribution in [1.82, 2.24) is 0 Å². The summed E-state index contributed by atoms with van der Waals surface area (Å²) in [6.45, 7) is 21.6. The summed E-state index contributed by atoms with van der Waals surface area (Å²) in [6.07, 6.45) is 6.05. The van der Waals surface area contributed by atoms with E-state index in [2.05, 4.69) is 48.1 Å². The first-order valence-electron chi connectivity index (χ1n) is 22.4. The van der Waals surface area contributed by atoms with E-state index in [1.165, 1.54) is 0 Å². The summed E-state index contributed by atoms with van der Waals surface area (Å²) in [7, 11) is 3.24. The molecule has 59 heavy (non-hydrogen) atoms. The van der Waals surface area contributed by atoms with Gasteiger partial charge in [-0.05, 0) is 76.3 Å². The first kappa shape index (κ1) is 44.9. The Hall–Kier alpha value is -2.13. The lowest BCUT2D eigenvalue weighted by Gasteiger charge is -2.50. The van der Waals surface area contributed by atoms with Crippen molar-refractivity contribution < 1.29 is 57.3 Å². The highest BCUT2D eigenvalue weighted by atomic mass is 16.8. The molecule has 1 N–H and O–H groups in total. The molecule has 12 nitrogen and oxygen atoms in total. The third-order valence-electron chi connectivity index (χ3n) is 15.3. The molecule has 6 heterocycles. The SMILES string of the molecule is C=CCO[C@H]1C[C@]2(CC[C@](C)([C@H]3CC[C@@](CC)([C@@H]4O[C@H]([C@H]5O[C@@]6(CO[C@@H](c7ccc(OC)cc7)O6)[C@H](C)C[C@@H]5C)C[C@@H]4C)O3)O2)O[C@H]([C@@H](C)[C@@H](OC)[C@H](C)C(=O)O)[C@@H]1C. The van der Waals surface area contributed by atoms with Crippen molar-refractivity contribution >= 4 is 5.97 Å². The van der Waals surface area contributed by atoms with E-state index >= 15 is 0 Å². The molecule has 2 spiro atoms. The third kappa shape index (κ3) is 8.41. The van der Waals surface area contributed by atoms with Crippen LogP contribution in [-0.2, 0) is 47.4 Å². The molecule has 0 radical (unpaired) electrons. The predicted octanol–water partition coefficient (Wildman–Crippen LogP) is 8.25. The van der Waals surface area contributed by atoms with E-state index in [0.717, 1.165) is 49.8 Å². The fourth-order valence-electron chi connectivity index (χ4n) is 11.8. The number of benzene rings is 1. The number of ether oxygens (including phenoxy) is 10. The minimum atomic E-state index is -0.903. The fourth-order valence-corrected chi connectivity index (χ4v) is 11.8. The van der Waals surface area contributed by atoms with E-state index in [1.54, 1.807) is 27.2 Å². The number of carboxylic acids is 1. The van der Waals surface area contributed by atoms with E-state index in [4.69, 9.17) is 47.4 Å². The van der Waals surface area contributed by atoms with Crippen molar-refractivity contribution in [3.05, 3.63) is 42.5 Å². The smallest absolute Gasteiger partial charge is 0.308 e. The topological polar surface area (TPSA) is 130 Å². The molecule has 6 aliphatic rings. The van der Waals surface area contributed by atoms with Gasteiger partial charge in [-0.1, -0.05) is 59.8 Å². The highest BCUT2D eigenvalue weighted by Crippen LogP contribution is 2.56. The first-order chi connectivity index (χ1) is 28.1. The number of aliphatic carboxylic acids is 1. The highest BCUT2D eigenvalue weighted by Gasteiger charge is 2.63. The third-order valence-corrected chi connectivity index (χ3v) is 15.3. The fraction of sp³-hybridized carbons (Fsp3) is 0.809. The van der Waals surface area contributed by atoms with Crippen LogP contribution >= 0.6 is 0 Å². The maximum Gasteiger partial charge on any atom is 0.308 e. The van der Waals surface area contributed by atoms with Crippen molar-refractivity contribution in [3.63, 3.8) is 0 Å². The maximum atomic E-state index is 12.1. The minimum Gasteiger partial charge on any atom is -0.497 e. The Morgan fingerprint density at radius 3 is 2.41 bits per heavy atom. The summed E-state index contributed by atoms with van der Waals surface area (Å²) >= 11 is 0. The van der Waals surface area contributed by atoms with Crippen LogP contribution in [0.1, 0.15) is 119 Å². The molecule has 18 atom stereocenters. The van der Waals surface area contributed by atoms with Gasteiger partial charge in [-0.3, -0.25) is 4.79 Å². The van der Waals surface area contributed by atoms with Gasteiger partial charge in [-0.2, -0.15) is 0 Å². The van der Waals surface area contributed by atoms with Crippen LogP contribution in [0.4, 0.5) is 0 Å². The quantitative estimate of drug-likeness (QED) is 0.181. The van der Waals surface area contributed by atoms with Crippen LogP contribution in [0.25, 0.3) is 0 Å². The monoisotopic (exact) mass is 829 g/mol. The van der Waals surface area contributed by atoms with Gasteiger partial charge in [0, 0.05) is 43.3 Å². The number of hydrogen-bond donors (Lipinski definition) is 1. The molecular weight excluding hydrogens is 757 g/mol. The molecule has 0 bridgehead atoms. The Kier molecular flexibility index (Phi) is 13.4. The Balaban J connectivity index is 1.04. The largest absolute Gasteiger partial charge is 0.497 e. The van der Waals surface area contributed by atoms with Gasteiger partial charge >= 0.3 is 5.97 Å². The molecule has 0 unspecified atom stereocenters. The maximum absolute atomic E-state index is 12.1. The molecule has 0 amide bonds. The van der Waals surface area contributed by atoms with Crippen molar-refractivity contribution in [1.29, 1.82) is 0 Å². The summed E-state index contributed by atoms with van der Waals surface area (Å²) in [5, 5.41) is 9.90. The van der Waals surface area contributed by atoms with Crippen LogP contribution in [0.3, 0.4) is 0 Å². The second kappa shape index (κ2) is 17.6. The zero-order valence-electron chi connectivity index (χ0n) is 37.2. The van der Waals surface area contributed by atoms with Crippen LogP contribution < -0.4 is 4.74 Å². The van der Waals surface area contributed by atoms with Gasteiger partial charge in [0.25, 0.3) is 0 Å². The molecule has 0 aromatic heterocycles. The molecule has 7 rings (SSSR count). The summed E-state index contributed by atoms with van der Waals surface area (Å²) in [4.78, 5) is 12.1. The minimum absolute atomic E-state index is 0.0225. The number of carbonyl (C=O) groups is 1. The van der Waals surface area contributed by atoms with Crippen molar-refractivity contribution in [2.45, 2.75) is 179 Å². The number of carboxylic acid groups (broad SMARTS) is 1. The Morgan fingerprint density at radius 2 is 1.75 bits per heavy atom. The highest BCUT2D eigenvalue weighted by molar-refractivity contribution is 5.70. The van der Waals surface area contributed by atoms with Crippen molar-refractivity contribution in [2.24, 2.45) is 35.5 Å². The average molecular weight is 829 g/mol. The molecule has 6 fully saturated rings. The van der Waals surface area contributed by atoms with Crippen molar-refractivity contribution in [3.8, 4) is 5.75 Å². The van der Waals surface area contributed by atoms with Gasteiger partial charge in [-0.15, -0.1) is 6.58 Å². The summed E-state index contributed by atoms with van der Waals surface area (Å²) < 4.78 is 66.2. The molecule has 332 valence electrons. The van der Waals surface area contributed by atoms with Gasteiger partial charge < -0.3 is 52.5 Å². The second-order valence-corrected chi connectivity index (χ2v) is 19.2. The molecule has 0 saturated carbocycles. The van der Waals surface area contributed by atoms with Gasteiger partial charge in [0.15, 0.2) is 17.9 Å². The van der Waals surface area contributed by atoms with Gasteiger partial charge in [0.2, 0.25) is 0 Å². The van der Waals surface area contributed by atoms with Gasteiger partial charge in [0.05, 0.1) is 73.6 Å². The lowest BCUT2D eigenvalue weighted by Crippen LogP contribution is -2.57. The second-order valence-electron chi connectivity index (χ2n) is 19.2. The Bertz CT molecular complexity index is 1610. The number of methoxy groups -OCH3 is 2. The van der Waals surface area contributed by atoms with Crippen LogP contribution in [0.5, 0.6) is 5.75 Å². The molecule has 1 aromatic rings. The number of hydrogen-bond acceptors (Lipinski definition) is 11. The molecule has 1 aromatic carbocycles. The lowest BCUT2D eigenvalue weighted by atomic mass is 9.78. The summed E-state index contributed by atoms with van der Waals surface area (Å²) in [5.41, 5.74) is -0.134. The van der Waals surface area contributed by atoms with Crippen molar-refractivity contribution in [2.75, 3.05) is 27.4 Å². The molecular formula is C47H72O12. The van der Waals surface area contributed by atoms with Gasteiger partial charge in [0.1, 0.15) is 12.4 Å². The normalized spacial score (nSPS) is 45.2. The van der Waals surface area contributed by atoms with E-state index in [1.807, 2.05) is 31.2 Å². The lowest BCUT2D eigenvalue weighted by molar-refractivity contribution is -0.338. The predicted molar refractivity (Wildman–Crippen MR) is 220 cm³/mol. The Morgan fingerprint density at radius 1 is 1.00 bits per heavy atom. The van der Waals surface area contributed by atoms with E-state index in [-0.39, 0.29) is 66.2 Å².